The SMILES string of the molecule is C.C.C.C.CC(C)(C)C1=CCC=C1.CC(C)(C)C1=CCC=N1.CC(C)(C)C1=NCC=C1.CC(C)(C)C1=NCC=N1.CC(C)(C)c1cccs1.CC(C)(C)c1cccs1.CC(C)(C)c1cccs1.CC(C)(C)c1ccsc1.CC(C)(C)c1nccs1.CC(C)(C)c1nccs1.CC(C)(C)c1ncns1. The van der Waals surface area contributed by atoms with Gasteiger partial charge in [-0.1, -0.05) is 307 Å². The van der Waals surface area contributed by atoms with Crippen LogP contribution in [0.1, 0.15) is 306 Å². The minimum atomic E-state index is 0. The standard InChI is InChI=1S/C9H14.2C8H13N.4C8H12S.C7H12N2.2C7H11NS.C6H10N2S.4CH4/c1-9(2,3)8-6-4-5-7-8;2*1-8(2,3)7-5-4-6-9-7;1-8(2,3)7-4-5-9-6-7;3*1-8(2,3)7-5-4-6-9-7;3*1-7(2,3)6-8-4-5-9-6;1-6(2,3)5-7-4-8-9-5;;;;/h4,6-7H,5H2,1-3H3;5-6H,4H2,1-3H3;4-5H,6H2,1-3H3;4*4-6H,1-3H3;4H,5H2,1-3H3;2*4-5H,1-3H3;4H,1-3H3;4*1H4. The Labute approximate surface area is 663 Å². The summed E-state index contributed by atoms with van der Waals surface area (Å²) in [6.07, 6.45) is 24.4. The van der Waals surface area contributed by atoms with Gasteiger partial charge in [-0.25, -0.2) is 19.9 Å². The Hall–Kier alpha value is -4.74. The van der Waals surface area contributed by atoms with E-state index >= 15 is 0 Å². The summed E-state index contributed by atoms with van der Waals surface area (Å²) in [6.45, 7) is 74.1. The Morgan fingerprint density at radius 3 is 0.961 bits per heavy atom. The Morgan fingerprint density at radius 1 is 0.350 bits per heavy atom. The molecule has 0 amide bonds. The molecule has 0 atom stereocenters. The van der Waals surface area contributed by atoms with E-state index in [4.69, 9.17) is 0 Å². The molecule has 0 bridgehead atoms. The van der Waals surface area contributed by atoms with Crippen LogP contribution in [0.3, 0.4) is 0 Å². The van der Waals surface area contributed by atoms with Crippen molar-refractivity contribution in [3.8, 4) is 0 Å². The maximum atomic E-state index is 4.31. The highest BCUT2D eigenvalue weighted by Crippen LogP contribution is 2.32. The van der Waals surface area contributed by atoms with Gasteiger partial charge in [-0.2, -0.15) is 15.7 Å². The third kappa shape index (κ3) is 46.2. The smallest absolute Gasteiger partial charge is 0.129 e. The van der Waals surface area contributed by atoms with Crippen molar-refractivity contribution in [2.45, 2.75) is 309 Å². The molecule has 0 spiro atoms. The first-order chi connectivity index (χ1) is 45.2. The molecule has 7 aromatic heterocycles. The summed E-state index contributed by atoms with van der Waals surface area (Å²) in [7, 11) is 0. The van der Waals surface area contributed by atoms with Gasteiger partial charge in [0.2, 0.25) is 0 Å². The molecule has 0 saturated heterocycles. The van der Waals surface area contributed by atoms with Crippen LogP contribution in [0, 0.1) is 21.7 Å². The molecule has 7 aromatic rings. The van der Waals surface area contributed by atoms with E-state index in [1.54, 1.807) is 40.3 Å². The van der Waals surface area contributed by atoms with Gasteiger partial charge in [-0.3, -0.25) is 15.0 Å². The molecule has 1 aliphatic carbocycles. The molecule has 11 rings (SSSR count). The van der Waals surface area contributed by atoms with Crippen molar-refractivity contribution in [3.05, 3.63) is 182 Å². The zero-order valence-electron chi connectivity index (χ0n) is 67.7. The molecule has 0 fully saturated rings. The predicted octanol–water partition coefficient (Wildman–Crippen LogP) is 30.3. The number of hydrogen-bond acceptors (Lipinski definition) is 15. The third-order valence-electron chi connectivity index (χ3n) is 14.0. The number of allylic oxidation sites excluding steroid dienone is 7. The highest BCUT2D eigenvalue weighted by Gasteiger charge is 2.23. The van der Waals surface area contributed by atoms with Crippen molar-refractivity contribution in [2.75, 3.05) is 13.1 Å². The number of aliphatic imine (C=N–C) groups is 4. The first kappa shape index (κ1) is 105. The normalized spacial score (nSPS) is 13.7. The van der Waals surface area contributed by atoms with E-state index in [1.165, 1.54) is 58.7 Å². The molecule has 0 saturated carbocycles. The molecule has 8 nitrogen and oxygen atoms in total. The van der Waals surface area contributed by atoms with Crippen LogP contribution < -0.4 is 0 Å². The molecule has 103 heavy (non-hydrogen) atoms. The van der Waals surface area contributed by atoms with Crippen LogP contribution in [0.2, 0.25) is 0 Å². The topological polar surface area (TPSA) is 101 Å². The van der Waals surface area contributed by atoms with Gasteiger partial charge < -0.3 is 0 Å². The largest absolute Gasteiger partial charge is 0.285 e. The molecule has 582 valence electrons. The number of nitrogens with zero attached hydrogens (tertiary/aromatic N) is 8. The number of amidine groups is 1. The Morgan fingerprint density at radius 2 is 0.806 bits per heavy atom. The van der Waals surface area contributed by atoms with Gasteiger partial charge in [0, 0.05) is 101 Å². The summed E-state index contributed by atoms with van der Waals surface area (Å²) in [5, 5.41) is 18.3. The fourth-order valence-corrected chi connectivity index (χ4v) is 13.3. The van der Waals surface area contributed by atoms with Gasteiger partial charge in [0.05, 0.1) is 23.1 Å². The number of rotatable bonds is 0. The van der Waals surface area contributed by atoms with E-state index < -0.39 is 0 Å². The monoisotopic (exact) mass is 1540 g/mol. The minimum absolute atomic E-state index is 0. The van der Waals surface area contributed by atoms with Crippen LogP contribution in [-0.2, 0) is 37.9 Å². The van der Waals surface area contributed by atoms with Gasteiger partial charge in [0.1, 0.15) is 17.2 Å². The van der Waals surface area contributed by atoms with E-state index in [9.17, 15) is 0 Å². The molecular formula is C88H148N8S7. The van der Waals surface area contributed by atoms with E-state index in [1.807, 2.05) is 69.6 Å². The summed E-state index contributed by atoms with van der Waals surface area (Å²) in [5.74, 6) is 0.975. The summed E-state index contributed by atoms with van der Waals surface area (Å²) >= 11 is 12.2. The van der Waals surface area contributed by atoms with Crippen LogP contribution in [-0.4, -0.2) is 56.4 Å². The Balaban J connectivity index is -0.000000521. The van der Waals surface area contributed by atoms with Crippen LogP contribution in [0.5, 0.6) is 0 Å². The van der Waals surface area contributed by atoms with Crippen LogP contribution >= 0.6 is 79.6 Å². The zero-order chi connectivity index (χ0) is 76.0. The predicted molar refractivity (Wildman–Crippen MR) is 482 cm³/mol. The average Bonchev–Trinajstić information content (AvgIpc) is 1.93. The molecular weight excluding hydrogens is 1390 g/mol. The van der Waals surface area contributed by atoms with Crippen molar-refractivity contribution in [2.24, 2.45) is 41.6 Å². The van der Waals surface area contributed by atoms with E-state index in [-0.39, 0.29) is 62.2 Å². The quantitative estimate of drug-likeness (QED) is 0.151. The molecule has 0 unspecified atom stereocenters. The second kappa shape index (κ2) is 47.1. The number of aromatic nitrogens is 4. The van der Waals surface area contributed by atoms with Gasteiger partial charge >= 0.3 is 0 Å². The summed E-state index contributed by atoms with van der Waals surface area (Å²) in [4.78, 5) is 33.8. The molecule has 10 heterocycles. The Kier molecular flexibility index (Phi) is 47.9. The van der Waals surface area contributed by atoms with E-state index in [0.717, 1.165) is 36.8 Å². The van der Waals surface area contributed by atoms with Crippen molar-refractivity contribution in [1.29, 1.82) is 0 Å². The third-order valence-corrected chi connectivity index (χ3v) is 22.0. The molecule has 0 radical (unpaired) electrons. The molecule has 0 aromatic carbocycles. The lowest BCUT2D eigenvalue weighted by Crippen LogP contribution is -2.16. The highest BCUT2D eigenvalue weighted by molar-refractivity contribution is 7.11. The van der Waals surface area contributed by atoms with Gasteiger partial charge in [0.15, 0.2) is 0 Å². The van der Waals surface area contributed by atoms with Crippen LogP contribution in [0.4, 0.5) is 0 Å². The summed E-state index contributed by atoms with van der Waals surface area (Å²) < 4.78 is 3.92. The van der Waals surface area contributed by atoms with Crippen LogP contribution in [0.25, 0.3) is 0 Å². The van der Waals surface area contributed by atoms with Crippen molar-refractivity contribution in [3.63, 3.8) is 0 Å². The van der Waals surface area contributed by atoms with Crippen LogP contribution in [0.15, 0.2) is 167 Å². The molecule has 3 aliphatic heterocycles. The van der Waals surface area contributed by atoms with Crippen molar-refractivity contribution in [1.82, 2.24) is 19.3 Å². The molecule has 15 heteroatoms. The van der Waals surface area contributed by atoms with E-state index in [0.29, 0.717) is 27.1 Å². The Bertz CT molecular complexity index is 2860. The van der Waals surface area contributed by atoms with Gasteiger partial charge in [-0.05, 0) is 113 Å². The maximum Gasteiger partial charge on any atom is 0.129 e. The number of thiazole rings is 2. The lowest BCUT2D eigenvalue weighted by Gasteiger charge is -2.18. The second-order valence-electron chi connectivity index (χ2n) is 35.7. The fraction of sp³-hybridized carbons (Fsp3) is 0.591. The van der Waals surface area contributed by atoms with Gasteiger partial charge in [0.25, 0.3) is 0 Å². The van der Waals surface area contributed by atoms with E-state index in [2.05, 4.69) is 374 Å². The molecule has 0 N–H and O–H groups in total. The highest BCUT2D eigenvalue weighted by atomic mass is 32.1. The zero-order valence-corrected chi connectivity index (χ0v) is 73.4. The average molecular weight is 1540 g/mol. The lowest BCUT2D eigenvalue weighted by molar-refractivity contribution is 0.500. The maximum absolute atomic E-state index is 4.31. The summed E-state index contributed by atoms with van der Waals surface area (Å²) in [5.41, 5.74) is 8.32. The summed E-state index contributed by atoms with van der Waals surface area (Å²) in [6, 6.07) is 15.0. The first-order valence-corrected chi connectivity index (χ1v) is 40.9. The van der Waals surface area contributed by atoms with Crippen molar-refractivity contribution < 1.29 is 0 Å². The fourth-order valence-electron chi connectivity index (χ4n) is 7.96. The van der Waals surface area contributed by atoms with Crippen molar-refractivity contribution >= 4 is 104 Å². The second-order valence-corrected chi connectivity index (χ2v) is 41.8. The lowest BCUT2D eigenvalue weighted by atomic mass is 9.87. The number of thiophene rings is 4. The number of hydrogen-bond donors (Lipinski definition) is 0. The molecule has 4 aliphatic rings. The van der Waals surface area contributed by atoms with Gasteiger partial charge in [-0.15, -0.1) is 56.7 Å². The first-order valence-electron chi connectivity index (χ1n) is 34.8. The minimum Gasteiger partial charge on any atom is -0.285 e.